The Morgan fingerprint density at radius 3 is 3.04 bits per heavy atom. The molecule has 0 amide bonds. The van der Waals surface area contributed by atoms with E-state index < -0.39 is 0 Å². The van der Waals surface area contributed by atoms with Crippen LogP contribution in [0.2, 0.25) is 5.02 Å². The molecular formula is C20H17ClN4O3. The summed E-state index contributed by atoms with van der Waals surface area (Å²) >= 11 is 6.52. The molecule has 0 unspecified atom stereocenters. The third-order valence-electron chi connectivity index (χ3n) is 5.41. The molecule has 4 aromatic rings. The van der Waals surface area contributed by atoms with E-state index in [1.165, 1.54) is 0 Å². The molecule has 0 radical (unpaired) electrons. The highest BCUT2D eigenvalue weighted by molar-refractivity contribution is 6.33. The van der Waals surface area contributed by atoms with Crippen LogP contribution in [0.1, 0.15) is 6.42 Å². The van der Waals surface area contributed by atoms with Crippen molar-refractivity contribution in [1.82, 2.24) is 19.9 Å². The number of halogens is 1. The van der Waals surface area contributed by atoms with Gasteiger partial charge in [-0.1, -0.05) is 17.7 Å². The minimum Gasteiger partial charge on any atom is -0.456 e. The highest BCUT2D eigenvalue weighted by Gasteiger charge is 2.43. The smallest absolute Gasteiger partial charge is 0.296 e. The van der Waals surface area contributed by atoms with Crippen molar-refractivity contribution in [1.29, 1.82) is 0 Å². The number of nitrogens with one attached hydrogen (secondary N) is 2. The summed E-state index contributed by atoms with van der Waals surface area (Å²) in [7, 11) is 0. The van der Waals surface area contributed by atoms with Crippen molar-refractivity contribution in [3.05, 3.63) is 41.6 Å². The van der Waals surface area contributed by atoms with Gasteiger partial charge in [0.2, 0.25) is 0 Å². The van der Waals surface area contributed by atoms with Crippen LogP contribution in [0.3, 0.4) is 0 Å². The summed E-state index contributed by atoms with van der Waals surface area (Å²) in [5.41, 5.74) is 4.00. The van der Waals surface area contributed by atoms with E-state index in [0.29, 0.717) is 35.6 Å². The Labute approximate surface area is 165 Å². The Bertz CT molecular complexity index is 1190. The number of pyridine rings is 1. The second kappa shape index (κ2) is 6.20. The maximum Gasteiger partial charge on any atom is 0.296 e. The van der Waals surface area contributed by atoms with Gasteiger partial charge in [-0.2, -0.15) is 4.98 Å². The predicted molar refractivity (Wildman–Crippen MR) is 105 cm³/mol. The van der Waals surface area contributed by atoms with Crippen molar-refractivity contribution in [2.75, 3.05) is 13.2 Å². The first-order valence-corrected chi connectivity index (χ1v) is 9.66. The standard InChI is InChI=1S/C20H17ClN4O3/c21-12-8-14-19(24-17(12)11-1-2-13-10(7-11)3-5-22-13)25-20(23-14)28-16-9-27-15-4-6-26-18(15)16/h1-3,5,7-8,15-16,18,22H,4,6,9H2,(H,23,24,25)/t15-,16-,18+/m1/s1. The van der Waals surface area contributed by atoms with Crippen LogP contribution in [0.15, 0.2) is 36.5 Å². The van der Waals surface area contributed by atoms with Gasteiger partial charge in [0.25, 0.3) is 6.01 Å². The van der Waals surface area contributed by atoms with Crippen molar-refractivity contribution < 1.29 is 14.2 Å². The quantitative estimate of drug-likeness (QED) is 0.551. The molecule has 3 aromatic heterocycles. The van der Waals surface area contributed by atoms with E-state index in [0.717, 1.165) is 28.4 Å². The first-order valence-electron chi connectivity index (χ1n) is 9.28. The van der Waals surface area contributed by atoms with Crippen molar-refractivity contribution in [3.8, 4) is 17.3 Å². The first kappa shape index (κ1) is 16.4. The summed E-state index contributed by atoms with van der Waals surface area (Å²) < 4.78 is 17.5. The Kier molecular flexibility index (Phi) is 3.62. The lowest BCUT2D eigenvalue weighted by Crippen LogP contribution is -2.32. The number of H-pyrrole nitrogens is 2. The molecule has 28 heavy (non-hydrogen) atoms. The molecule has 7 nitrogen and oxygen atoms in total. The van der Waals surface area contributed by atoms with E-state index in [1.54, 1.807) is 0 Å². The zero-order valence-electron chi connectivity index (χ0n) is 14.8. The second-order valence-corrected chi connectivity index (χ2v) is 7.57. The van der Waals surface area contributed by atoms with Gasteiger partial charge in [0.1, 0.15) is 6.10 Å². The molecule has 2 aliphatic rings. The van der Waals surface area contributed by atoms with E-state index in [4.69, 9.17) is 25.8 Å². The number of hydrogen-bond acceptors (Lipinski definition) is 5. The van der Waals surface area contributed by atoms with Gasteiger partial charge in [0.15, 0.2) is 11.8 Å². The minimum absolute atomic E-state index is 0.0339. The maximum absolute atomic E-state index is 6.52. The summed E-state index contributed by atoms with van der Waals surface area (Å²) in [4.78, 5) is 15.5. The van der Waals surface area contributed by atoms with Crippen LogP contribution < -0.4 is 4.74 Å². The number of rotatable bonds is 3. The Hall–Kier alpha value is -2.61. The topological polar surface area (TPSA) is 85.1 Å². The van der Waals surface area contributed by atoms with Crippen molar-refractivity contribution >= 4 is 33.7 Å². The lowest BCUT2D eigenvalue weighted by molar-refractivity contribution is 0.0273. The Balaban J connectivity index is 1.34. The fraction of sp³-hybridized carbons (Fsp3) is 0.300. The molecule has 5 heterocycles. The lowest BCUT2D eigenvalue weighted by Gasteiger charge is -2.15. The predicted octanol–water partition coefficient (Wildman–Crippen LogP) is 3.69. The van der Waals surface area contributed by atoms with Crippen LogP contribution >= 0.6 is 11.6 Å². The van der Waals surface area contributed by atoms with Crippen LogP contribution in [-0.2, 0) is 9.47 Å². The molecule has 0 saturated carbocycles. The van der Waals surface area contributed by atoms with Crippen molar-refractivity contribution in [2.24, 2.45) is 0 Å². The molecule has 0 aliphatic carbocycles. The third kappa shape index (κ3) is 2.58. The van der Waals surface area contributed by atoms with Gasteiger partial charge in [0, 0.05) is 29.3 Å². The van der Waals surface area contributed by atoms with Gasteiger partial charge in [-0.15, -0.1) is 0 Å². The van der Waals surface area contributed by atoms with E-state index in [9.17, 15) is 0 Å². The van der Waals surface area contributed by atoms with Crippen LogP contribution in [0.4, 0.5) is 0 Å². The normalized spacial score (nSPS) is 24.2. The number of imidazole rings is 1. The monoisotopic (exact) mass is 396 g/mol. The Morgan fingerprint density at radius 1 is 1.11 bits per heavy atom. The lowest BCUT2D eigenvalue weighted by atomic mass is 10.1. The zero-order valence-corrected chi connectivity index (χ0v) is 15.6. The largest absolute Gasteiger partial charge is 0.456 e. The van der Waals surface area contributed by atoms with Gasteiger partial charge in [-0.25, -0.2) is 4.98 Å². The number of aromatic amines is 2. The summed E-state index contributed by atoms with van der Waals surface area (Å²) in [6.07, 6.45) is 2.75. The maximum atomic E-state index is 6.52. The molecule has 2 aliphatic heterocycles. The van der Waals surface area contributed by atoms with E-state index >= 15 is 0 Å². The molecular weight excluding hydrogens is 380 g/mol. The van der Waals surface area contributed by atoms with E-state index in [1.807, 2.05) is 30.5 Å². The fourth-order valence-electron chi connectivity index (χ4n) is 4.03. The number of aromatic nitrogens is 4. The number of nitrogens with zero attached hydrogens (tertiary/aromatic N) is 2. The average Bonchev–Trinajstić information content (AvgIpc) is 3.45. The number of fused-ring (bicyclic) bond motifs is 3. The van der Waals surface area contributed by atoms with E-state index in [-0.39, 0.29) is 18.3 Å². The molecule has 2 fully saturated rings. The highest BCUT2D eigenvalue weighted by atomic mass is 35.5. The molecule has 3 atom stereocenters. The molecule has 2 saturated heterocycles. The van der Waals surface area contributed by atoms with Gasteiger partial charge in [-0.3, -0.25) is 0 Å². The second-order valence-electron chi connectivity index (χ2n) is 7.16. The summed E-state index contributed by atoms with van der Waals surface area (Å²) in [5, 5.41) is 1.66. The summed E-state index contributed by atoms with van der Waals surface area (Å²) in [5.74, 6) is 0. The Morgan fingerprint density at radius 2 is 2.07 bits per heavy atom. The van der Waals surface area contributed by atoms with Gasteiger partial charge in [-0.05, 0) is 30.7 Å². The molecule has 8 heteroatoms. The van der Waals surface area contributed by atoms with Gasteiger partial charge < -0.3 is 24.2 Å². The number of hydrogen-bond donors (Lipinski definition) is 2. The zero-order chi connectivity index (χ0) is 18.7. The molecule has 0 spiro atoms. The van der Waals surface area contributed by atoms with Crippen LogP contribution in [0.5, 0.6) is 6.01 Å². The first-order chi connectivity index (χ1) is 13.7. The fourth-order valence-corrected chi connectivity index (χ4v) is 4.29. The number of ether oxygens (including phenoxy) is 3. The molecule has 0 bridgehead atoms. The van der Waals surface area contributed by atoms with Crippen molar-refractivity contribution in [2.45, 2.75) is 24.7 Å². The molecule has 1 aromatic carbocycles. The highest BCUT2D eigenvalue weighted by Crippen LogP contribution is 2.32. The third-order valence-corrected chi connectivity index (χ3v) is 5.70. The SMILES string of the molecule is Clc1cc2[nH]c(O[C@@H]3CO[C@@H]4CCO[C@@H]43)nc2nc1-c1ccc2[nH]ccc2c1. The van der Waals surface area contributed by atoms with E-state index in [2.05, 4.69) is 26.0 Å². The minimum atomic E-state index is -0.168. The van der Waals surface area contributed by atoms with Gasteiger partial charge in [0.05, 0.1) is 28.9 Å². The van der Waals surface area contributed by atoms with Gasteiger partial charge >= 0.3 is 0 Å². The van der Waals surface area contributed by atoms with Crippen LogP contribution in [0, 0.1) is 0 Å². The summed E-state index contributed by atoms with van der Waals surface area (Å²) in [6.45, 7) is 1.21. The van der Waals surface area contributed by atoms with Crippen LogP contribution in [-0.4, -0.2) is 51.5 Å². The molecule has 6 rings (SSSR count). The molecule has 2 N–H and O–H groups in total. The number of benzene rings is 1. The van der Waals surface area contributed by atoms with Crippen LogP contribution in [0.25, 0.3) is 33.3 Å². The molecule has 142 valence electrons. The average molecular weight is 397 g/mol. The summed E-state index contributed by atoms with van der Waals surface area (Å²) in [6, 6.07) is 10.3. The van der Waals surface area contributed by atoms with Crippen molar-refractivity contribution in [3.63, 3.8) is 0 Å².